The molecule has 0 atom stereocenters. The van der Waals surface area contributed by atoms with Crippen molar-refractivity contribution in [1.29, 1.82) is 0 Å². The molecule has 0 unspecified atom stereocenters. The number of hydrogen-bond acceptors (Lipinski definition) is 6. The maximum atomic E-state index is 14.6. The number of sulfonamides is 1. The highest BCUT2D eigenvalue weighted by molar-refractivity contribution is 7.89. The Morgan fingerprint density at radius 2 is 1.65 bits per heavy atom. The van der Waals surface area contributed by atoms with Crippen LogP contribution in [0.25, 0.3) is 10.9 Å². The lowest BCUT2D eigenvalue weighted by atomic mass is 9.99. The van der Waals surface area contributed by atoms with Gasteiger partial charge >= 0.3 is 12.3 Å². The van der Waals surface area contributed by atoms with Gasteiger partial charge in [0.15, 0.2) is 0 Å². The van der Waals surface area contributed by atoms with Gasteiger partial charge in [-0.05, 0) is 69.7 Å². The fourth-order valence-corrected chi connectivity index (χ4v) is 6.37. The Hall–Kier alpha value is -4.39. The first-order chi connectivity index (χ1) is 20.0. The summed E-state index contributed by atoms with van der Waals surface area (Å²) in [5, 5.41) is 4.92. The lowest BCUT2D eigenvalue weighted by molar-refractivity contribution is -0.274. The van der Waals surface area contributed by atoms with Crippen LogP contribution in [0.2, 0.25) is 0 Å². The molecule has 226 valence electrons. The van der Waals surface area contributed by atoms with Gasteiger partial charge in [-0.2, -0.15) is 17.9 Å². The van der Waals surface area contributed by atoms with E-state index in [-0.39, 0.29) is 29.3 Å². The minimum Gasteiger partial charge on any atom is -0.459 e. The summed E-state index contributed by atoms with van der Waals surface area (Å²) in [4.78, 5) is 12.8. The zero-order valence-corrected chi connectivity index (χ0v) is 24.4. The van der Waals surface area contributed by atoms with Crippen molar-refractivity contribution in [2.45, 2.75) is 57.6 Å². The Balaban J connectivity index is 1.64. The van der Waals surface area contributed by atoms with E-state index in [1.54, 1.807) is 50.5 Å². The molecule has 0 radical (unpaired) electrons. The van der Waals surface area contributed by atoms with Crippen LogP contribution in [0.3, 0.4) is 0 Å². The molecule has 0 fully saturated rings. The third-order valence-electron chi connectivity index (χ3n) is 6.61. The molecule has 0 saturated heterocycles. The van der Waals surface area contributed by atoms with E-state index in [1.807, 2.05) is 0 Å². The van der Waals surface area contributed by atoms with Crippen molar-refractivity contribution in [2.24, 2.45) is 5.10 Å². The molecule has 1 aromatic heterocycles. The molecule has 4 aromatic rings. The van der Waals surface area contributed by atoms with Gasteiger partial charge in [-0.25, -0.2) is 4.39 Å². The molecule has 13 heteroatoms. The third kappa shape index (κ3) is 6.21. The number of carbonyl (C=O) groups excluding carboxylic acids is 1. The monoisotopic (exact) mass is 617 g/mol. The minimum atomic E-state index is -4.87. The molecule has 43 heavy (non-hydrogen) atoms. The lowest BCUT2D eigenvalue weighted by Crippen LogP contribution is -2.33. The SMILES string of the molecule is Cc1c(C2=NN(Cc3ccc(OC(F)(F)F)cc3)S(=O)(=O)c3ccccc32)c2cc(F)ccc2n1CC(=O)OC(C)(C)C. The molecule has 1 aliphatic heterocycles. The normalized spacial score (nSPS) is 14.8. The van der Waals surface area contributed by atoms with Crippen LogP contribution in [0.5, 0.6) is 5.75 Å². The largest absolute Gasteiger partial charge is 0.573 e. The van der Waals surface area contributed by atoms with E-state index in [2.05, 4.69) is 9.84 Å². The van der Waals surface area contributed by atoms with Gasteiger partial charge in [0.2, 0.25) is 0 Å². The molecule has 0 spiro atoms. The second-order valence-electron chi connectivity index (χ2n) is 10.9. The predicted molar refractivity (Wildman–Crippen MR) is 150 cm³/mol. The number of hydrogen-bond donors (Lipinski definition) is 0. The number of nitrogens with zero attached hydrogens (tertiary/aromatic N) is 3. The zero-order valence-electron chi connectivity index (χ0n) is 23.6. The molecule has 3 aromatic carbocycles. The number of fused-ring (bicyclic) bond motifs is 2. The van der Waals surface area contributed by atoms with Gasteiger partial charge in [-0.1, -0.05) is 30.3 Å². The quantitative estimate of drug-likeness (QED) is 0.188. The second kappa shape index (κ2) is 10.7. The maximum absolute atomic E-state index is 14.6. The highest BCUT2D eigenvalue weighted by Gasteiger charge is 2.36. The summed E-state index contributed by atoms with van der Waals surface area (Å²) in [6.07, 6.45) is -4.87. The molecule has 0 amide bonds. The molecular formula is C30H27F4N3O5S. The molecule has 0 saturated carbocycles. The Labute approximate surface area is 245 Å². The number of carbonyl (C=O) groups is 1. The van der Waals surface area contributed by atoms with Crippen molar-refractivity contribution in [3.8, 4) is 5.75 Å². The van der Waals surface area contributed by atoms with Crippen molar-refractivity contribution >= 4 is 32.6 Å². The van der Waals surface area contributed by atoms with Crippen LogP contribution in [0, 0.1) is 12.7 Å². The van der Waals surface area contributed by atoms with E-state index in [0.29, 0.717) is 27.7 Å². The van der Waals surface area contributed by atoms with Gasteiger partial charge in [-0.3, -0.25) is 4.79 Å². The molecule has 2 heterocycles. The Kier molecular flexibility index (Phi) is 7.49. The number of ether oxygens (including phenoxy) is 2. The van der Waals surface area contributed by atoms with Crippen LogP contribution < -0.4 is 4.74 Å². The topological polar surface area (TPSA) is 90.2 Å². The number of hydrazone groups is 1. The van der Waals surface area contributed by atoms with E-state index in [1.165, 1.54) is 36.4 Å². The molecule has 1 aliphatic rings. The van der Waals surface area contributed by atoms with Crippen LogP contribution in [0.15, 0.2) is 76.7 Å². The van der Waals surface area contributed by atoms with E-state index < -0.39 is 39.5 Å². The van der Waals surface area contributed by atoms with Gasteiger partial charge in [0, 0.05) is 27.7 Å². The summed E-state index contributed by atoms with van der Waals surface area (Å²) in [6, 6.07) is 15.1. The van der Waals surface area contributed by atoms with Gasteiger partial charge in [0.1, 0.15) is 29.4 Å². The molecule has 0 N–H and O–H groups in total. The van der Waals surface area contributed by atoms with Gasteiger partial charge in [0.05, 0.1) is 11.4 Å². The highest BCUT2D eigenvalue weighted by Crippen LogP contribution is 2.36. The van der Waals surface area contributed by atoms with Crippen LogP contribution >= 0.6 is 0 Å². The van der Waals surface area contributed by atoms with Crippen molar-refractivity contribution in [1.82, 2.24) is 8.98 Å². The summed E-state index contributed by atoms with van der Waals surface area (Å²) in [5.41, 5.74) is 1.55. The van der Waals surface area contributed by atoms with E-state index in [0.717, 1.165) is 16.5 Å². The van der Waals surface area contributed by atoms with Crippen LogP contribution in [-0.4, -0.2) is 41.0 Å². The summed E-state index contributed by atoms with van der Waals surface area (Å²) in [5.74, 6) is -1.52. The van der Waals surface area contributed by atoms with Crippen LogP contribution in [0.1, 0.15) is 43.2 Å². The highest BCUT2D eigenvalue weighted by atomic mass is 32.2. The number of halogens is 4. The van der Waals surface area contributed by atoms with E-state index in [4.69, 9.17) is 4.74 Å². The third-order valence-corrected chi connectivity index (χ3v) is 8.29. The standard InChI is InChI=1S/C30H27F4N3O5S/c1-18-27(23-15-20(31)11-14-24(23)36(18)17-26(38)42-29(2,3)4)28-22-7-5-6-8-25(22)43(39,40)37(35-28)16-19-9-12-21(13-10-19)41-30(32,33)34/h5-15H,16-17H2,1-4H3. The average molecular weight is 618 g/mol. The first-order valence-corrected chi connectivity index (χ1v) is 14.5. The van der Waals surface area contributed by atoms with Crippen LogP contribution in [-0.2, 0) is 32.6 Å². The second-order valence-corrected chi connectivity index (χ2v) is 12.7. The Morgan fingerprint density at radius 1 is 0.977 bits per heavy atom. The number of alkyl halides is 3. The summed E-state index contributed by atoms with van der Waals surface area (Å²) < 4.78 is 91.6. The number of esters is 1. The van der Waals surface area contributed by atoms with E-state index in [9.17, 15) is 30.8 Å². The smallest absolute Gasteiger partial charge is 0.459 e. The first kappa shape index (κ1) is 30.1. The number of aromatic nitrogens is 1. The molecule has 0 aliphatic carbocycles. The van der Waals surface area contributed by atoms with Crippen LogP contribution in [0.4, 0.5) is 17.6 Å². The van der Waals surface area contributed by atoms with Gasteiger partial charge < -0.3 is 14.0 Å². The maximum Gasteiger partial charge on any atom is 0.573 e. The van der Waals surface area contributed by atoms with Crippen molar-refractivity contribution in [2.75, 3.05) is 0 Å². The van der Waals surface area contributed by atoms with Crippen molar-refractivity contribution in [3.63, 3.8) is 0 Å². The summed E-state index contributed by atoms with van der Waals surface area (Å²) >= 11 is 0. The lowest BCUT2D eigenvalue weighted by Gasteiger charge is -2.27. The van der Waals surface area contributed by atoms with Gasteiger partial charge in [0.25, 0.3) is 10.0 Å². The molecule has 8 nitrogen and oxygen atoms in total. The fourth-order valence-electron chi connectivity index (χ4n) is 4.94. The average Bonchev–Trinajstić information content (AvgIpc) is 3.15. The molecule has 5 rings (SSSR count). The fraction of sp³-hybridized carbons (Fsp3) is 0.267. The Morgan fingerprint density at radius 3 is 2.30 bits per heavy atom. The van der Waals surface area contributed by atoms with E-state index >= 15 is 0 Å². The summed E-state index contributed by atoms with van der Waals surface area (Å²) in [6.45, 7) is 6.45. The Bertz CT molecular complexity index is 1860. The zero-order chi connectivity index (χ0) is 31.3. The van der Waals surface area contributed by atoms with Crippen molar-refractivity contribution in [3.05, 3.63) is 94.9 Å². The number of benzene rings is 3. The molecule has 0 bridgehead atoms. The number of rotatable bonds is 6. The van der Waals surface area contributed by atoms with Gasteiger partial charge in [-0.15, -0.1) is 13.2 Å². The minimum absolute atomic E-state index is 0.0547. The predicted octanol–water partition coefficient (Wildman–Crippen LogP) is 6.29. The molecular weight excluding hydrogens is 590 g/mol. The van der Waals surface area contributed by atoms with Crippen molar-refractivity contribution < 1.29 is 40.2 Å². The summed E-state index contributed by atoms with van der Waals surface area (Å²) in [7, 11) is -4.19. The first-order valence-electron chi connectivity index (χ1n) is 13.1.